The van der Waals surface area contributed by atoms with Gasteiger partial charge in [-0.15, -0.1) is 0 Å². The molecule has 0 saturated heterocycles. The zero-order chi connectivity index (χ0) is 11.6. The summed E-state index contributed by atoms with van der Waals surface area (Å²) < 4.78 is 24.8. The van der Waals surface area contributed by atoms with E-state index in [0.29, 0.717) is 6.29 Å². The molecule has 0 aliphatic heterocycles. The highest BCUT2D eigenvalue weighted by Gasteiger charge is 2.08. The molecule has 1 rings (SSSR count). The zero-order valence-electron chi connectivity index (χ0n) is 8.94. The Balaban J connectivity index is 3.16. The summed E-state index contributed by atoms with van der Waals surface area (Å²) in [6, 6.07) is 2.02. The second kappa shape index (κ2) is 3.13. The van der Waals surface area contributed by atoms with Crippen molar-refractivity contribution in [2.24, 2.45) is 0 Å². The summed E-state index contributed by atoms with van der Waals surface area (Å²) in [5.41, 5.74) is 0.00421. The number of hydrogen-bond acceptors (Lipinski definition) is 4. The van der Waals surface area contributed by atoms with Gasteiger partial charge in [0.05, 0.1) is 11.2 Å². The quantitative estimate of drug-likeness (QED) is 0.513. The maximum atomic E-state index is 10.4. The first-order chi connectivity index (χ1) is 6.83. The van der Waals surface area contributed by atoms with E-state index in [9.17, 15) is 9.90 Å². The fourth-order valence-corrected chi connectivity index (χ4v) is 0.760. The largest absolute Gasteiger partial charge is 0.504 e. The van der Waals surface area contributed by atoms with Crippen molar-refractivity contribution in [3.05, 3.63) is 17.7 Å². The van der Waals surface area contributed by atoms with Crippen LogP contribution in [-0.2, 0) is 0 Å². The molecule has 0 atom stereocenters. The molecule has 0 aromatic heterocycles. The minimum atomic E-state index is -2.76. The molecule has 0 unspecified atom stereocenters. The first kappa shape index (κ1) is 5.03. The Hall–Kier alpha value is -1.71. The third-order valence-corrected chi connectivity index (χ3v) is 1.32. The van der Waals surface area contributed by atoms with E-state index >= 15 is 0 Å². The lowest BCUT2D eigenvalue weighted by Gasteiger charge is -2.04. The van der Waals surface area contributed by atoms with E-state index in [0.717, 1.165) is 12.1 Å². The van der Waals surface area contributed by atoms with Gasteiger partial charge in [-0.2, -0.15) is 0 Å². The SMILES string of the molecule is [2H]C([2H])([2H])Oc1cc(C=O)cc(O)c1O. The Bertz CT molecular complexity index is 386. The molecular formula is C8H8O4. The zero-order valence-corrected chi connectivity index (χ0v) is 5.94. The molecule has 12 heavy (non-hydrogen) atoms. The van der Waals surface area contributed by atoms with E-state index in [1.807, 2.05) is 0 Å². The standard InChI is InChI=1S/C8H8O4/c1-12-7-3-5(4-9)2-6(10)8(7)11/h2-4,10-11H,1H3/i1D3. The van der Waals surface area contributed by atoms with Crippen LogP contribution in [0.4, 0.5) is 0 Å². The molecule has 0 saturated carbocycles. The average Bonchev–Trinajstić information content (AvgIpc) is 2.10. The molecule has 4 heteroatoms. The van der Waals surface area contributed by atoms with Crippen LogP contribution in [0.15, 0.2) is 12.1 Å². The summed E-state index contributed by atoms with van der Waals surface area (Å²) in [6.45, 7) is 0. The van der Waals surface area contributed by atoms with Gasteiger partial charge in [0, 0.05) is 5.56 Å². The average molecular weight is 171 g/mol. The van der Waals surface area contributed by atoms with Crippen LogP contribution in [-0.4, -0.2) is 23.5 Å². The molecule has 4 nitrogen and oxygen atoms in total. The van der Waals surface area contributed by atoms with Crippen LogP contribution in [0.5, 0.6) is 17.2 Å². The predicted octanol–water partition coefficient (Wildman–Crippen LogP) is 0.919. The van der Waals surface area contributed by atoms with Gasteiger partial charge in [-0.25, -0.2) is 0 Å². The highest BCUT2D eigenvalue weighted by Crippen LogP contribution is 2.35. The molecule has 2 N–H and O–H groups in total. The minimum absolute atomic E-state index is 0.00421. The number of carbonyl (C=O) groups excluding carboxylic acids is 1. The van der Waals surface area contributed by atoms with E-state index in [-0.39, 0.29) is 5.56 Å². The van der Waals surface area contributed by atoms with Crippen molar-refractivity contribution >= 4 is 6.29 Å². The van der Waals surface area contributed by atoms with Gasteiger partial charge in [0.2, 0.25) is 5.75 Å². The lowest BCUT2D eigenvalue weighted by Crippen LogP contribution is -1.87. The number of aldehydes is 1. The number of methoxy groups -OCH3 is 1. The Morgan fingerprint density at radius 3 is 2.92 bits per heavy atom. The van der Waals surface area contributed by atoms with E-state index in [1.54, 1.807) is 0 Å². The van der Waals surface area contributed by atoms with Crippen molar-refractivity contribution in [1.82, 2.24) is 0 Å². The number of phenols is 2. The summed E-state index contributed by atoms with van der Waals surface area (Å²) >= 11 is 0. The van der Waals surface area contributed by atoms with Crippen molar-refractivity contribution in [3.63, 3.8) is 0 Å². The van der Waals surface area contributed by atoms with Gasteiger partial charge in [-0.1, -0.05) is 0 Å². The van der Waals surface area contributed by atoms with Gasteiger partial charge in [-0.3, -0.25) is 4.79 Å². The Kier molecular flexibility index (Phi) is 1.31. The van der Waals surface area contributed by atoms with Crippen molar-refractivity contribution in [2.45, 2.75) is 0 Å². The molecule has 1 aromatic rings. The molecule has 0 heterocycles. The smallest absolute Gasteiger partial charge is 0.200 e. The van der Waals surface area contributed by atoms with Crippen LogP contribution in [0, 0.1) is 0 Å². The monoisotopic (exact) mass is 171 g/mol. The summed E-state index contributed by atoms with van der Waals surface area (Å²) in [7, 11) is -2.76. The lowest BCUT2D eigenvalue weighted by molar-refractivity contribution is 0.112. The maximum Gasteiger partial charge on any atom is 0.200 e. The Morgan fingerprint density at radius 2 is 2.33 bits per heavy atom. The van der Waals surface area contributed by atoms with Crippen molar-refractivity contribution in [2.75, 3.05) is 7.04 Å². The van der Waals surface area contributed by atoms with Crippen LogP contribution in [0.2, 0.25) is 0 Å². The van der Waals surface area contributed by atoms with Gasteiger partial charge in [0.25, 0.3) is 0 Å². The van der Waals surface area contributed by atoms with Crippen molar-refractivity contribution < 1.29 is 23.9 Å². The summed E-state index contributed by atoms with van der Waals surface area (Å²) in [5.74, 6) is -1.78. The first-order valence-corrected chi connectivity index (χ1v) is 3.03. The second-order valence-electron chi connectivity index (χ2n) is 2.11. The number of aromatic hydroxyl groups is 2. The van der Waals surface area contributed by atoms with Crippen LogP contribution in [0.25, 0.3) is 0 Å². The van der Waals surface area contributed by atoms with Crippen LogP contribution >= 0.6 is 0 Å². The number of hydrogen-bond donors (Lipinski definition) is 2. The number of carbonyl (C=O) groups is 1. The lowest BCUT2D eigenvalue weighted by atomic mass is 10.2. The van der Waals surface area contributed by atoms with Crippen LogP contribution < -0.4 is 4.74 Å². The van der Waals surface area contributed by atoms with Gasteiger partial charge in [0.1, 0.15) is 6.29 Å². The molecule has 0 fully saturated rings. The molecule has 0 aliphatic carbocycles. The minimum Gasteiger partial charge on any atom is -0.504 e. The summed E-state index contributed by atoms with van der Waals surface area (Å²) in [5, 5.41) is 18.4. The first-order valence-electron chi connectivity index (χ1n) is 4.53. The molecule has 0 aliphatic rings. The number of rotatable bonds is 2. The van der Waals surface area contributed by atoms with Gasteiger partial charge < -0.3 is 14.9 Å². The normalized spacial score (nSPS) is 14.2. The molecule has 0 radical (unpaired) electrons. The molecule has 64 valence electrons. The van der Waals surface area contributed by atoms with Gasteiger partial charge >= 0.3 is 0 Å². The van der Waals surface area contributed by atoms with Crippen LogP contribution in [0.3, 0.4) is 0 Å². The maximum absolute atomic E-state index is 10.4. The molecule has 0 spiro atoms. The van der Waals surface area contributed by atoms with Crippen molar-refractivity contribution in [3.8, 4) is 17.2 Å². The summed E-state index contributed by atoms with van der Waals surface area (Å²) in [6.07, 6.45) is 0.394. The van der Waals surface area contributed by atoms with Crippen molar-refractivity contribution in [1.29, 1.82) is 0 Å². The van der Waals surface area contributed by atoms with Gasteiger partial charge in [0.15, 0.2) is 11.5 Å². The highest BCUT2D eigenvalue weighted by atomic mass is 16.5. The van der Waals surface area contributed by atoms with Gasteiger partial charge in [-0.05, 0) is 12.1 Å². The fourth-order valence-electron chi connectivity index (χ4n) is 0.760. The topological polar surface area (TPSA) is 66.8 Å². The third-order valence-electron chi connectivity index (χ3n) is 1.32. The predicted molar refractivity (Wildman–Crippen MR) is 41.7 cm³/mol. The van der Waals surface area contributed by atoms with E-state index in [1.165, 1.54) is 0 Å². The molecule has 0 bridgehead atoms. The number of phenolic OH excluding ortho intramolecular Hbond substituents is 2. The molecular weight excluding hydrogens is 160 g/mol. The fraction of sp³-hybridized carbons (Fsp3) is 0.125. The number of benzene rings is 1. The van der Waals surface area contributed by atoms with E-state index in [2.05, 4.69) is 4.74 Å². The van der Waals surface area contributed by atoms with Crippen LogP contribution in [0.1, 0.15) is 14.5 Å². The second-order valence-corrected chi connectivity index (χ2v) is 2.11. The highest BCUT2D eigenvalue weighted by molar-refractivity contribution is 5.78. The molecule has 1 aromatic carbocycles. The third kappa shape index (κ3) is 1.32. The molecule has 0 amide bonds. The van der Waals surface area contributed by atoms with E-state index in [4.69, 9.17) is 9.22 Å². The van der Waals surface area contributed by atoms with E-state index < -0.39 is 24.3 Å². The summed E-state index contributed by atoms with van der Waals surface area (Å²) in [4.78, 5) is 10.4. The Morgan fingerprint density at radius 1 is 1.58 bits per heavy atom. The number of ether oxygens (including phenoxy) is 1. The Labute approximate surface area is 73.2 Å².